The minimum atomic E-state index is -3.92. The number of carbonyl (C=O) groups is 2. The summed E-state index contributed by atoms with van der Waals surface area (Å²) >= 11 is 0. The first-order valence-electron chi connectivity index (χ1n) is 11.9. The summed E-state index contributed by atoms with van der Waals surface area (Å²) in [6, 6.07) is 8.85. The van der Waals surface area contributed by atoms with Crippen molar-refractivity contribution in [2.45, 2.75) is 0 Å². The molecule has 1 aromatic carbocycles. The largest absolute Gasteiger partial charge is 0.357 e. The van der Waals surface area contributed by atoms with Crippen LogP contribution in [-0.4, -0.2) is 105 Å². The van der Waals surface area contributed by atoms with Crippen LogP contribution in [0.5, 0.6) is 0 Å². The third kappa shape index (κ3) is 5.00. The molecule has 0 radical (unpaired) electrons. The summed E-state index contributed by atoms with van der Waals surface area (Å²) in [4.78, 5) is 36.4. The van der Waals surface area contributed by atoms with Gasteiger partial charge in [0.1, 0.15) is 5.84 Å². The van der Waals surface area contributed by atoms with Crippen molar-refractivity contribution >= 4 is 38.6 Å². The number of aromatic amines is 1. The van der Waals surface area contributed by atoms with E-state index in [9.17, 15) is 22.4 Å². The monoisotopic (exact) mass is 553 g/mol. The highest BCUT2D eigenvalue weighted by Crippen LogP contribution is 2.26. The molecule has 0 bridgehead atoms. The average molecular weight is 554 g/mol. The molecule has 0 saturated carbocycles. The molecule has 1 aliphatic rings. The van der Waals surface area contributed by atoms with E-state index in [1.54, 1.807) is 29.2 Å². The minimum Gasteiger partial charge on any atom is -0.357 e. The first kappa shape index (κ1) is 26.1. The number of amides is 1. The summed E-state index contributed by atoms with van der Waals surface area (Å²) in [5, 5.41) is 7.50. The van der Waals surface area contributed by atoms with Gasteiger partial charge in [-0.1, -0.05) is 35.5 Å². The summed E-state index contributed by atoms with van der Waals surface area (Å²) in [5.74, 6) is -1.97. The van der Waals surface area contributed by atoms with Crippen LogP contribution in [0.25, 0.3) is 16.7 Å². The lowest BCUT2D eigenvalue weighted by Gasteiger charge is -2.36. The number of amidine groups is 1. The van der Waals surface area contributed by atoms with E-state index in [0.29, 0.717) is 5.56 Å². The number of hydrogen-bond donors (Lipinski definition) is 1. The van der Waals surface area contributed by atoms with Crippen molar-refractivity contribution in [3.8, 4) is 5.82 Å². The van der Waals surface area contributed by atoms with Gasteiger partial charge in [-0.3, -0.25) is 9.59 Å². The number of halogens is 1. The van der Waals surface area contributed by atoms with Gasteiger partial charge in [-0.25, -0.2) is 14.1 Å². The molecule has 15 heteroatoms. The summed E-state index contributed by atoms with van der Waals surface area (Å²) in [7, 11) is -1.14. The van der Waals surface area contributed by atoms with Gasteiger partial charge >= 0.3 is 10.2 Å². The zero-order valence-corrected chi connectivity index (χ0v) is 21.8. The molecule has 0 unspecified atom stereocenters. The Kier molecular flexibility index (Phi) is 6.93. The molecular weight excluding hydrogens is 529 g/mol. The van der Waals surface area contributed by atoms with Crippen molar-refractivity contribution in [1.29, 1.82) is 0 Å². The second-order valence-electron chi connectivity index (χ2n) is 8.88. The zero-order valence-electron chi connectivity index (χ0n) is 21.0. The van der Waals surface area contributed by atoms with Crippen LogP contribution in [0.2, 0.25) is 0 Å². The molecule has 1 saturated heterocycles. The Balaban J connectivity index is 1.37. The molecular formula is C24H24FN9O4S. The molecule has 13 nitrogen and oxygen atoms in total. The van der Waals surface area contributed by atoms with Crippen molar-refractivity contribution in [2.24, 2.45) is 4.40 Å². The van der Waals surface area contributed by atoms with Gasteiger partial charge in [-0.05, 0) is 0 Å². The number of piperazine rings is 1. The van der Waals surface area contributed by atoms with Crippen LogP contribution in [-0.2, 0) is 15.0 Å². The predicted molar refractivity (Wildman–Crippen MR) is 139 cm³/mol. The third-order valence-electron chi connectivity index (χ3n) is 6.28. The number of fused-ring (bicyclic) bond motifs is 1. The SMILES string of the molecule is CN(C)S(=O)(=O)/N=C(\c1ccccc1)N1CCN(C(=O)C(=O)c2c[nH]c3c(-n4ccnn4)ncc(F)c23)CC1. The number of nitrogens with zero attached hydrogens (tertiary/aromatic N) is 8. The third-order valence-corrected chi connectivity index (χ3v) is 7.61. The molecule has 1 aliphatic heterocycles. The summed E-state index contributed by atoms with van der Waals surface area (Å²) in [6.45, 7) is 0.737. The maximum absolute atomic E-state index is 14.8. The minimum absolute atomic E-state index is 0.0696. The molecule has 202 valence electrons. The van der Waals surface area contributed by atoms with E-state index >= 15 is 0 Å². The fourth-order valence-corrected chi connectivity index (χ4v) is 4.82. The standard InChI is InChI=1S/C24H24FN9O4S/c1-31(2)39(37,38)29-22(16-6-4-3-5-7-16)32-10-12-33(13-11-32)24(36)21(35)17-14-26-20-19(17)18(25)15-27-23(20)34-9-8-28-30-34/h3-9,14-15,26H,10-13H2,1-2H3/b29-22+. The van der Waals surface area contributed by atoms with E-state index in [1.807, 2.05) is 6.07 Å². The number of carbonyl (C=O) groups excluding carboxylic acids is 2. The Morgan fingerprint density at radius 3 is 2.41 bits per heavy atom. The van der Waals surface area contributed by atoms with Crippen LogP contribution < -0.4 is 0 Å². The van der Waals surface area contributed by atoms with Gasteiger partial charge in [0.2, 0.25) is 0 Å². The Hall–Kier alpha value is -4.50. The van der Waals surface area contributed by atoms with Crippen molar-refractivity contribution in [3.05, 3.63) is 72.1 Å². The Morgan fingerprint density at radius 2 is 1.77 bits per heavy atom. The van der Waals surface area contributed by atoms with Crippen LogP contribution in [0.3, 0.4) is 0 Å². The number of H-pyrrole nitrogens is 1. The molecule has 39 heavy (non-hydrogen) atoms. The smallest absolute Gasteiger partial charge is 0.323 e. The molecule has 0 spiro atoms. The van der Waals surface area contributed by atoms with Crippen molar-refractivity contribution in [2.75, 3.05) is 40.3 Å². The number of benzene rings is 1. The number of pyridine rings is 1. The van der Waals surface area contributed by atoms with Gasteiger partial charge in [0.25, 0.3) is 11.7 Å². The second-order valence-corrected chi connectivity index (χ2v) is 10.7. The first-order valence-corrected chi connectivity index (χ1v) is 13.3. The average Bonchev–Trinajstić information content (AvgIpc) is 3.63. The maximum Gasteiger partial charge on any atom is 0.323 e. The molecule has 0 aliphatic carbocycles. The van der Waals surface area contributed by atoms with Gasteiger partial charge in [-0.2, -0.15) is 12.7 Å². The zero-order chi connectivity index (χ0) is 27.7. The molecule has 1 fully saturated rings. The second kappa shape index (κ2) is 10.3. The number of hydrogen-bond acceptors (Lipinski definition) is 7. The van der Waals surface area contributed by atoms with Gasteiger partial charge in [0, 0.05) is 52.0 Å². The van der Waals surface area contributed by atoms with E-state index in [1.165, 1.54) is 42.3 Å². The molecule has 3 aromatic heterocycles. The highest BCUT2D eigenvalue weighted by Gasteiger charge is 2.31. The summed E-state index contributed by atoms with van der Waals surface area (Å²) in [5.41, 5.74) is 0.680. The summed E-state index contributed by atoms with van der Waals surface area (Å²) in [6.07, 6.45) is 5.18. The van der Waals surface area contributed by atoms with Crippen LogP contribution in [0.4, 0.5) is 4.39 Å². The molecule has 0 atom stereocenters. The van der Waals surface area contributed by atoms with E-state index < -0.39 is 27.7 Å². The Labute approximate surface area is 222 Å². The van der Waals surface area contributed by atoms with Crippen molar-refractivity contribution in [3.63, 3.8) is 0 Å². The molecule has 4 aromatic rings. The normalized spacial score (nSPS) is 14.8. The quantitative estimate of drug-likeness (QED) is 0.160. The van der Waals surface area contributed by atoms with Gasteiger partial charge in [0.05, 0.1) is 35.1 Å². The number of rotatable bonds is 6. The number of Topliss-reactive ketones (excluding diaryl/α,β-unsaturated/α-hetero) is 1. The maximum atomic E-state index is 14.8. The lowest BCUT2D eigenvalue weighted by Crippen LogP contribution is -2.52. The van der Waals surface area contributed by atoms with Crippen molar-refractivity contribution in [1.82, 2.24) is 39.1 Å². The summed E-state index contributed by atoms with van der Waals surface area (Å²) < 4.78 is 46.2. The van der Waals surface area contributed by atoms with Crippen molar-refractivity contribution < 1.29 is 22.4 Å². The van der Waals surface area contributed by atoms with Crippen LogP contribution in [0.1, 0.15) is 15.9 Å². The Bertz CT molecular complexity index is 1660. The lowest BCUT2D eigenvalue weighted by atomic mass is 10.1. The van der Waals surface area contributed by atoms with Crippen LogP contribution >= 0.6 is 0 Å². The molecule has 1 N–H and O–H groups in total. The van der Waals surface area contributed by atoms with Gasteiger partial charge in [0.15, 0.2) is 11.6 Å². The number of aromatic nitrogens is 5. The van der Waals surface area contributed by atoms with Gasteiger partial charge < -0.3 is 14.8 Å². The fourth-order valence-electron chi connectivity index (χ4n) is 4.22. The molecule has 5 rings (SSSR count). The number of ketones is 1. The van der Waals surface area contributed by atoms with Gasteiger partial charge in [-0.15, -0.1) is 9.50 Å². The lowest BCUT2D eigenvalue weighted by molar-refractivity contribution is -0.127. The van der Waals surface area contributed by atoms with E-state index in [2.05, 4.69) is 24.7 Å². The van der Waals surface area contributed by atoms with Crippen LogP contribution in [0.15, 0.2) is 59.5 Å². The topological polar surface area (TPSA) is 150 Å². The Morgan fingerprint density at radius 1 is 1.08 bits per heavy atom. The predicted octanol–water partition coefficient (Wildman–Crippen LogP) is 0.863. The van der Waals surface area contributed by atoms with E-state index in [4.69, 9.17) is 0 Å². The highest BCUT2D eigenvalue weighted by atomic mass is 32.2. The van der Waals surface area contributed by atoms with E-state index in [-0.39, 0.29) is 54.3 Å². The number of nitrogens with one attached hydrogen (secondary N) is 1. The highest BCUT2D eigenvalue weighted by molar-refractivity contribution is 7.87. The van der Waals surface area contributed by atoms with E-state index in [0.717, 1.165) is 10.5 Å². The molecule has 1 amide bonds. The fraction of sp³-hybridized carbons (Fsp3) is 0.250. The first-order chi connectivity index (χ1) is 18.7. The van der Waals surface area contributed by atoms with Crippen LogP contribution in [0, 0.1) is 5.82 Å². The molecule has 4 heterocycles.